The number of carbonyl (C=O) groups excluding carboxylic acids is 1. The highest BCUT2D eigenvalue weighted by Crippen LogP contribution is 2.17. The topological polar surface area (TPSA) is 94.0 Å². The maximum Gasteiger partial charge on any atom is 0.237 e. The number of nitrogens with zero attached hydrogens (tertiary/aromatic N) is 2. The van der Waals surface area contributed by atoms with E-state index in [-0.39, 0.29) is 17.9 Å². The maximum atomic E-state index is 11.7. The van der Waals surface area contributed by atoms with Crippen molar-refractivity contribution in [3.05, 3.63) is 11.8 Å². The Labute approximate surface area is 101 Å². The molecule has 0 bridgehead atoms. The lowest BCUT2D eigenvalue weighted by Gasteiger charge is -2.25. The molecule has 6 nitrogen and oxygen atoms in total. The summed E-state index contributed by atoms with van der Waals surface area (Å²) in [6.45, 7) is 7.89. The summed E-state index contributed by atoms with van der Waals surface area (Å²) in [6.07, 6.45) is 0.683. The summed E-state index contributed by atoms with van der Waals surface area (Å²) in [7, 11) is 0. The Morgan fingerprint density at radius 2 is 2.00 bits per heavy atom. The number of aromatic nitrogens is 2. The minimum atomic E-state index is -0.559. The minimum absolute atomic E-state index is 0.214. The number of carbonyl (C=O) groups is 1. The van der Waals surface area contributed by atoms with Crippen molar-refractivity contribution in [2.45, 2.75) is 46.7 Å². The molecule has 0 fully saturated rings. The van der Waals surface area contributed by atoms with Crippen molar-refractivity contribution in [1.82, 2.24) is 15.5 Å². The van der Waals surface area contributed by atoms with Gasteiger partial charge in [-0.15, -0.1) is 10.2 Å². The van der Waals surface area contributed by atoms with Gasteiger partial charge in [0.25, 0.3) is 0 Å². The lowest BCUT2D eigenvalue weighted by Crippen LogP contribution is -2.48. The van der Waals surface area contributed by atoms with Crippen LogP contribution in [0, 0.1) is 5.41 Å². The average molecular weight is 240 g/mol. The van der Waals surface area contributed by atoms with Crippen LogP contribution in [-0.4, -0.2) is 22.1 Å². The summed E-state index contributed by atoms with van der Waals surface area (Å²) < 4.78 is 5.27. The van der Waals surface area contributed by atoms with Gasteiger partial charge in [-0.05, 0) is 5.41 Å². The van der Waals surface area contributed by atoms with Gasteiger partial charge in [0.05, 0.1) is 12.6 Å². The third-order valence-electron chi connectivity index (χ3n) is 2.44. The molecule has 0 aliphatic carbocycles. The summed E-state index contributed by atoms with van der Waals surface area (Å²) in [5, 5.41) is 10.3. The summed E-state index contributed by atoms with van der Waals surface area (Å²) in [6, 6.07) is -0.559. The molecule has 6 heteroatoms. The number of hydrogen-bond acceptors (Lipinski definition) is 5. The van der Waals surface area contributed by atoms with Gasteiger partial charge in [-0.1, -0.05) is 27.7 Å². The van der Waals surface area contributed by atoms with E-state index >= 15 is 0 Å². The van der Waals surface area contributed by atoms with E-state index in [1.54, 1.807) is 0 Å². The van der Waals surface area contributed by atoms with Gasteiger partial charge in [-0.3, -0.25) is 4.79 Å². The van der Waals surface area contributed by atoms with Crippen LogP contribution in [-0.2, 0) is 17.8 Å². The molecule has 0 aliphatic heterocycles. The normalized spacial score (nSPS) is 13.5. The second-order valence-electron chi connectivity index (χ2n) is 5.00. The van der Waals surface area contributed by atoms with Gasteiger partial charge in [-0.2, -0.15) is 0 Å². The fourth-order valence-electron chi connectivity index (χ4n) is 1.17. The van der Waals surface area contributed by atoms with Crippen LogP contribution in [0.3, 0.4) is 0 Å². The SMILES string of the molecule is CCc1nnc(CNC(=O)[C@@H](N)C(C)(C)C)o1. The highest BCUT2D eigenvalue weighted by Gasteiger charge is 2.27. The fourth-order valence-corrected chi connectivity index (χ4v) is 1.17. The van der Waals surface area contributed by atoms with Crippen LogP contribution in [0.4, 0.5) is 0 Å². The number of rotatable bonds is 4. The van der Waals surface area contributed by atoms with Crippen LogP contribution in [0.25, 0.3) is 0 Å². The van der Waals surface area contributed by atoms with Crippen LogP contribution in [0.2, 0.25) is 0 Å². The van der Waals surface area contributed by atoms with Gasteiger partial charge >= 0.3 is 0 Å². The smallest absolute Gasteiger partial charge is 0.237 e. The molecule has 1 rings (SSSR count). The van der Waals surface area contributed by atoms with Gasteiger partial charge in [0.15, 0.2) is 0 Å². The predicted octanol–water partition coefficient (Wildman–Crippen LogP) is 0.622. The van der Waals surface area contributed by atoms with E-state index in [0.29, 0.717) is 18.2 Å². The molecule has 0 aromatic carbocycles. The first-order chi connectivity index (χ1) is 7.84. The number of aryl methyl sites for hydroxylation is 1. The van der Waals surface area contributed by atoms with Crippen molar-refractivity contribution in [3.63, 3.8) is 0 Å². The Balaban J connectivity index is 2.48. The van der Waals surface area contributed by atoms with Gasteiger partial charge in [0, 0.05) is 6.42 Å². The van der Waals surface area contributed by atoms with Crippen molar-refractivity contribution < 1.29 is 9.21 Å². The molecular weight excluding hydrogens is 220 g/mol. The fraction of sp³-hybridized carbons (Fsp3) is 0.727. The van der Waals surface area contributed by atoms with Crippen molar-refractivity contribution in [1.29, 1.82) is 0 Å². The Hall–Kier alpha value is -1.43. The second-order valence-corrected chi connectivity index (χ2v) is 5.00. The molecule has 0 spiro atoms. The first kappa shape index (κ1) is 13.6. The predicted molar refractivity (Wildman–Crippen MR) is 63.0 cm³/mol. The van der Waals surface area contributed by atoms with E-state index < -0.39 is 6.04 Å². The quantitative estimate of drug-likeness (QED) is 0.804. The van der Waals surface area contributed by atoms with Crippen LogP contribution < -0.4 is 11.1 Å². The summed E-state index contributed by atoms with van der Waals surface area (Å²) in [5.41, 5.74) is 5.54. The van der Waals surface area contributed by atoms with Crippen LogP contribution in [0.15, 0.2) is 4.42 Å². The molecule has 17 heavy (non-hydrogen) atoms. The Morgan fingerprint density at radius 3 is 2.47 bits per heavy atom. The maximum absolute atomic E-state index is 11.7. The van der Waals surface area contributed by atoms with E-state index in [1.807, 2.05) is 27.7 Å². The molecule has 96 valence electrons. The third-order valence-corrected chi connectivity index (χ3v) is 2.44. The van der Waals surface area contributed by atoms with Gasteiger partial charge in [0.1, 0.15) is 0 Å². The summed E-state index contributed by atoms with van der Waals surface area (Å²) >= 11 is 0. The number of amides is 1. The second kappa shape index (κ2) is 5.27. The first-order valence-corrected chi connectivity index (χ1v) is 5.69. The molecule has 1 atom stereocenters. The van der Waals surface area contributed by atoms with E-state index in [9.17, 15) is 4.79 Å². The van der Waals surface area contributed by atoms with Gasteiger partial charge < -0.3 is 15.5 Å². The molecule has 1 aromatic rings. The molecule has 0 saturated heterocycles. The molecule has 3 N–H and O–H groups in total. The Bertz CT molecular complexity index is 381. The highest BCUT2D eigenvalue weighted by molar-refractivity contribution is 5.82. The zero-order chi connectivity index (χ0) is 13.1. The van der Waals surface area contributed by atoms with Gasteiger partial charge in [-0.25, -0.2) is 0 Å². The molecule has 0 aliphatic rings. The zero-order valence-electron chi connectivity index (χ0n) is 10.8. The number of nitrogens with one attached hydrogen (secondary N) is 1. The monoisotopic (exact) mass is 240 g/mol. The van der Waals surface area contributed by atoms with Crippen LogP contribution in [0.1, 0.15) is 39.5 Å². The number of nitrogens with two attached hydrogens (primary N) is 1. The lowest BCUT2D eigenvalue weighted by atomic mass is 9.87. The Morgan fingerprint density at radius 1 is 1.41 bits per heavy atom. The molecule has 0 radical (unpaired) electrons. The largest absolute Gasteiger partial charge is 0.423 e. The highest BCUT2D eigenvalue weighted by atomic mass is 16.4. The van der Waals surface area contributed by atoms with Crippen molar-refractivity contribution in [3.8, 4) is 0 Å². The zero-order valence-corrected chi connectivity index (χ0v) is 10.8. The van der Waals surface area contributed by atoms with E-state index in [1.165, 1.54) is 0 Å². The minimum Gasteiger partial charge on any atom is -0.423 e. The lowest BCUT2D eigenvalue weighted by molar-refractivity contribution is -0.124. The van der Waals surface area contributed by atoms with Crippen molar-refractivity contribution >= 4 is 5.91 Å². The molecular formula is C11H20N4O2. The third kappa shape index (κ3) is 3.81. The van der Waals surface area contributed by atoms with E-state index in [2.05, 4.69) is 15.5 Å². The van der Waals surface area contributed by atoms with Crippen LogP contribution in [0.5, 0.6) is 0 Å². The summed E-state index contributed by atoms with van der Waals surface area (Å²) in [4.78, 5) is 11.7. The molecule has 1 aromatic heterocycles. The number of hydrogen-bond donors (Lipinski definition) is 2. The summed E-state index contributed by atoms with van der Waals surface area (Å²) in [5.74, 6) is 0.749. The van der Waals surface area contributed by atoms with Crippen LogP contribution >= 0.6 is 0 Å². The standard InChI is InChI=1S/C11H20N4O2/c1-5-7-14-15-8(17-7)6-13-10(16)9(12)11(2,3)4/h9H,5-6,12H2,1-4H3,(H,13,16)/t9-/m1/s1. The van der Waals surface area contributed by atoms with Crippen molar-refractivity contribution in [2.75, 3.05) is 0 Å². The Kier molecular flexibility index (Phi) is 4.22. The first-order valence-electron chi connectivity index (χ1n) is 5.69. The average Bonchev–Trinajstić information content (AvgIpc) is 2.71. The van der Waals surface area contributed by atoms with E-state index in [0.717, 1.165) is 0 Å². The molecule has 1 amide bonds. The molecule has 0 unspecified atom stereocenters. The van der Waals surface area contributed by atoms with Crippen molar-refractivity contribution in [2.24, 2.45) is 11.1 Å². The molecule has 0 saturated carbocycles. The van der Waals surface area contributed by atoms with E-state index in [4.69, 9.17) is 10.2 Å². The van der Waals surface area contributed by atoms with Gasteiger partial charge in [0.2, 0.25) is 17.7 Å². The molecule has 1 heterocycles.